The monoisotopic (exact) mass is 632 g/mol. The Bertz CT molecular complexity index is 1650. The van der Waals surface area contributed by atoms with Gasteiger partial charge in [0.15, 0.2) is 0 Å². The molecule has 0 aliphatic rings. The first-order chi connectivity index (χ1) is 23.5. The first-order valence-electron chi connectivity index (χ1n) is 17.0. The van der Waals surface area contributed by atoms with Gasteiger partial charge in [-0.25, -0.2) is 14.8 Å². The van der Waals surface area contributed by atoms with E-state index >= 15 is 0 Å². The third-order valence-electron chi connectivity index (χ3n) is 7.22. The number of nitrogens with two attached hydrogens (primary N) is 1. The molecule has 5 N–H and O–H groups in total. The third kappa shape index (κ3) is 11.9. The number of pyridine rings is 2. The summed E-state index contributed by atoms with van der Waals surface area (Å²) in [5.41, 5.74) is 10.4. The van der Waals surface area contributed by atoms with Gasteiger partial charge in [0.2, 0.25) is 0 Å². The molecule has 0 aliphatic heterocycles. The number of alkyl carbamates (subject to hydrolysis) is 1. The van der Waals surface area contributed by atoms with Crippen LogP contribution in [0.3, 0.4) is 0 Å². The number of nitrogens with one attached hydrogen (secondary N) is 3. The van der Waals surface area contributed by atoms with E-state index < -0.39 is 6.09 Å². The van der Waals surface area contributed by atoms with Crippen LogP contribution < -0.4 is 11.1 Å². The number of carbonyl (C=O) groups excluding carboxylic acids is 3. The summed E-state index contributed by atoms with van der Waals surface area (Å²) in [4.78, 5) is 49.9. The van der Waals surface area contributed by atoms with Crippen molar-refractivity contribution in [2.24, 2.45) is 5.73 Å². The number of aromatic nitrogens is 4. The summed E-state index contributed by atoms with van der Waals surface area (Å²) in [6.07, 6.45) is 11.8. The zero-order valence-corrected chi connectivity index (χ0v) is 26.9. The van der Waals surface area contributed by atoms with Crippen molar-refractivity contribution in [3.63, 3.8) is 0 Å². The number of ketones is 2. The van der Waals surface area contributed by atoms with E-state index in [1.807, 2.05) is 67.0 Å². The lowest BCUT2D eigenvalue weighted by atomic mass is 10.0. The van der Waals surface area contributed by atoms with Gasteiger partial charge in [0, 0.05) is 72.0 Å². The van der Waals surface area contributed by atoms with Crippen LogP contribution >= 0.6 is 0 Å². The second-order valence-corrected chi connectivity index (χ2v) is 10.5. The number of rotatable bonds is 15. The van der Waals surface area contributed by atoms with Crippen LogP contribution in [0, 0.1) is 0 Å². The van der Waals surface area contributed by atoms with Gasteiger partial charge in [0.1, 0.15) is 29.5 Å². The molecule has 0 bridgehead atoms. The Morgan fingerprint density at radius 2 is 1.33 bits per heavy atom. The molecule has 1 aromatic carbocycles. The van der Waals surface area contributed by atoms with E-state index in [1.54, 1.807) is 12.4 Å². The number of hydrogen-bond acceptors (Lipinski definition) is 7. The maximum atomic E-state index is 12.1. The van der Waals surface area contributed by atoms with E-state index in [-0.39, 0.29) is 19.6 Å². The molecule has 4 heterocycles. The Balaban J connectivity index is 0.000000471. The molecule has 0 spiro atoms. The van der Waals surface area contributed by atoms with Gasteiger partial charge in [0.05, 0.1) is 0 Å². The highest BCUT2D eigenvalue weighted by molar-refractivity contribution is 5.83. The number of nitrogens with zero attached hydrogens (tertiary/aromatic N) is 2. The van der Waals surface area contributed by atoms with Gasteiger partial charge in [-0.05, 0) is 73.2 Å². The van der Waals surface area contributed by atoms with Crippen molar-refractivity contribution in [1.29, 1.82) is 0 Å². The van der Waals surface area contributed by atoms with Gasteiger partial charge < -0.3 is 25.8 Å². The number of aryl methyl sites for hydroxylation is 2. The summed E-state index contributed by atoms with van der Waals surface area (Å²) in [6.45, 7) is 1.25. The largest absolute Gasteiger partial charge is 0.445 e. The summed E-state index contributed by atoms with van der Waals surface area (Å²) >= 11 is 0. The van der Waals surface area contributed by atoms with Crippen LogP contribution in [-0.2, 0) is 33.8 Å². The van der Waals surface area contributed by atoms with Gasteiger partial charge in [0.25, 0.3) is 0 Å². The van der Waals surface area contributed by atoms with Crippen molar-refractivity contribution in [3.05, 3.63) is 96.1 Å². The molecular formula is C36H50N6O4. The van der Waals surface area contributed by atoms with E-state index in [0.29, 0.717) is 51.6 Å². The highest BCUT2D eigenvalue weighted by atomic mass is 16.5. The molecule has 0 fully saturated rings. The molecule has 46 heavy (non-hydrogen) atoms. The van der Waals surface area contributed by atoms with E-state index in [1.165, 1.54) is 20.4 Å². The van der Waals surface area contributed by atoms with Crippen LogP contribution in [-0.4, -0.2) is 50.7 Å². The van der Waals surface area contributed by atoms with E-state index in [9.17, 15) is 14.4 Å². The second-order valence-electron chi connectivity index (χ2n) is 10.5. The molecule has 0 saturated heterocycles. The van der Waals surface area contributed by atoms with Gasteiger partial charge in [-0.3, -0.25) is 9.59 Å². The lowest BCUT2D eigenvalue weighted by molar-refractivity contribution is -0.119. The average molecular weight is 633 g/mol. The minimum Gasteiger partial charge on any atom is -0.445 e. The quantitative estimate of drug-likeness (QED) is 0.0898. The number of aromatic amines is 2. The number of carbonyl (C=O) groups is 3. The van der Waals surface area contributed by atoms with E-state index in [4.69, 9.17) is 13.2 Å². The molecule has 0 atom stereocenters. The highest BCUT2D eigenvalue weighted by Gasteiger charge is 2.08. The normalized spacial score (nSPS) is 10.6. The van der Waals surface area contributed by atoms with Crippen LogP contribution in [0.2, 0.25) is 0 Å². The Kier molecular flexibility index (Phi) is 15.0. The van der Waals surface area contributed by atoms with Crippen molar-refractivity contribution in [3.8, 4) is 0 Å². The summed E-state index contributed by atoms with van der Waals surface area (Å²) in [6, 6.07) is 17.4. The predicted molar refractivity (Wildman–Crippen MR) is 187 cm³/mol. The van der Waals surface area contributed by atoms with Crippen LogP contribution in [0.1, 0.15) is 74.2 Å². The predicted octanol–water partition coefficient (Wildman–Crippen LogP) is 7.09. The van der Waals surface area contributed by atoms with E-state index in [0.717, 1.165) is 46.0 Å². The van der Waals surface area contributed by atoms with Crippen LogP contribution in [0.5, 0.6) is 0 Å². The fourth-order valence-electron chi connectivity index (χ4n) is 4.82. The summed E-state index contributed by atoms with van der Waals surface area (Å²) < 4.78 is 16.6. The van der Waals surface area contributed by atoms with Crippen molar-refractivity contribution in [1.82, 2.24) is 25.3 Å². The maximum Gasteiger partial charge on any atom is 0.407 e. The Labute approximate surface area is 275 Å². The van der Waals surface area contributed by atoms with Crippen molar-refractivity contribution >= 4 is 39.7 Å². The molecule has 0 radical (unpaired) electrons. The molecule has 0 saturated carbocycles. The molecule has 1 amide bonds. The second kappa shape index (κ2) is 20.2. The molecular weight excluding hydrogens is 580 g/mol. The standard InChI is InChI=1S/C21H23N3O3.C13H17N3O.2CH4.H2/c25-18(9-8-17-10-13-22-20-19(17)11-14-23-20)7-4-12-24-21(26)27-15-16-5-2-1-3-6-16;14-7-1-2-11(17)4-3-10-5-8-15-13-12(10)6-9-16-13;;;/h1-3,5-6,10-11,13-14H,4,7-9,12,15H2,(H,22,23)(H,24,26);5-6,8-9H,1-4,7,14H2,(H,15,16);2*1H4;1H/i;;2*1D;. The molecule has 0 unspecified atom stereocenters. The van der Waals surface area contributed by atoms with Crippen LogP contribution in [0.25, 0.3) is 22.1 Å². The summed E-state index contributed by atoms with van der Waals surface area (Å²) in [5, 5.41) is 4.85. The maximum absolute atomic E-state index is 12.1. The molecule has 5 aromatic rings. The fraction of sp³-hybridized carbons (Fsp3) is 0.361. The molecule has 10 heteroatoms. The van der Waals surface area contributed by atoms with Crippen molar-refractivity contribution in [2.75, 3.05) is 13.1 Å². The first kappa shape index (κ1) is 34.1. The highest BCUT2D eigenvalue weighted by Crippen LogP contribution is 2.18. The molecule has 10 nitrogen and oxygen atoms in total. The number of Topliss-reactive ketones (excluding diaryl/α,β-unsaturated/α-hetero) is 2. The Morgan fingerprint density at radius 3 is 1.87 bits per heavy atom. The summed E-state index contributed by atoms with van der Waals surface area (Å²) in [7, 11) is 2.50. The third-order valence-corrected chi connectivity index (χ3v) is 7.22. The number of hydrogen-bond donors (Lipinski definition) is 4. The molecule has 248 valence electrons. The molecule has 5 rings (SSSR count). The average Bonchev–Trinajstić information content (AvgIpc) is 3.83. The SMILES string of the molecule is NCCCC(=O)CCc1ccnc2[nH]ccc12.O=C(CCCNC(=O)OCc1ccccc1)CCc1ccnc2[nH]ccc12.[2H]C.[2H]C.[HH]. The zero-order chi connectivity index (χ0) is 35.0. The van der Waals surface area contributed by atoms with Crippen molar-refractivity contribution < 1.29 is 23.3 Å². The minimum absolute atomic E-state index is 0. The molecule has 0 aliphatic carbocycles. The number of ether oxygens (including phenoxy) is 1. The van der Waals surface area contributed by atoms with Crippen LogP contribution in [0.4, 0.5) is 4.79 Å². The first-order valence-corrected chi connectivity index (χ1v) is 15.0. The number of amides is 1. The minimum atomic E-state index is -0.460. The number of H-pyrrole nitrogens is 2. The topological polar surface area (TPSA) is 156 Å². The molecule has 4 aromatic heterocycles. The summed E-state index contributed by atoms with van der Waals surface area (Å²) in [5.74, 6) is 0.478. The van der Waals surface area contributed by atoms with Gasteiger partial charge in [-0.15, -0.1) is 0 Å². The Morgan fingerprint density at radius 1 is 0.783 bits per heavy atom. The fourth-order valence-corrected chi connectivity index (χ4v) is 4.82. The van der Waals surface area contributed by atoms with Gasteiger partial charge >= 0.3 is 6.09 Å². The van der Waals surface area contributed by atoms with Crippen molar-refractivity contribution in [2.45, 2.75) is 72.8 Å². The number of fused-ring (bicyclic) bond motifs is 2. The van der Waals surface area contributed by atoms with Gasteiger partial charge in [-0.2, -0.15) is 0 Å². The lowest BCUT2D eigenvalue weighted by Gasteiger charge is -2.07. The zero-order valence-electron chi connectivity index (χ0n) is 28.9. The lowest BCUT2D eigenvalue weighted by Crippen LogP contribution is -2.25. The van der Waals surface area contributed by atoms with Gasteiger partial charge in [-0.1, -0.05) is 45.1 Å². The Hall–Kier alpha value is -4.83. The number of benzene rings is 1. The van der Waals surface area contributed by atoms with Crippen LogP contribution in [0.15, 0.2) is 79.4 Å². The smallest absolute Gasteiger partial charge is 0.407 e. The van der Waals surface area contributed by atoms with E-state index in [2.05, 4.69) is 25.3 Å².